The molecule has 0 aliphatic carbocycles. The summed E-state index contributed by atoms with van der Waals surface area (Å²) in [7, 11) is 0. The average molecular weight is 239 g/mol. The van der Waals surface area contributed by atoms with Gasteiger partial charge in [0.2, 0.25) is 5.91 Å². The van der Waals surface area contributed by atoms with Crippen molar-refractivity contribution in [3.05, 3.63) is 35.1 Å². The van der Waals surface area contributed by atoms with Crippen LogP contribution in [0.3, 0.4) is 0 Å². The minimum absolute atomic E-state index is 0.0404. The maximum atomic E-state index is 13.0. The Labute approximate surface area is 98.5 Å². The largest absolute Gasteiger partial charge is 0.480 e. The fourth-order valence-electron chi connectivity index (χ4n) is 1.36. The molecule has 1 rings (SSSR count). The molecule has 0 bridgehead atoms. The quantitative estimate of drug-likeness (QED) is 0.831. The summed E-state index contributed by atoms with van der Waals surface area (Å²) in [4.78, 5) is 22.0. The Morgan fingerprint density at radius 2 is 2.12 bits per heavy atom. The van der Waals surface area contributed by atoms with Gasteiger partial charge in [-0.3, -0.25) is 9.59 Å². The average Bonchev–Trinajstić information content (AvgIpc) is 2.23. The molecular formula is C12H14FNO3. The molecule has 5 heteroatoms. The lowest BCUT2D eigenvalue weighted by Crippen LogP contribution is -2.39. The van der Waals surface area contributed by atoms with E-state index in [0.29, 0.717) is 11.1 Å². The van der Waals surface area contributed by atoms with E-state index in [2.05, 4.69) is 5.32 Å². The summed E-state index contributed by atoms with van der Waals surface area (Å²) in [6, 6.07) is 3.44. The van der Waals surface area contributed by atoms with Crippen molar-refractivity contribution in [1.29, 1.82) is 0 Å². The number of carbonyl (C=O) groups excluding carboxylic acids is 1. The van der Waals surface area contributed by atoms with Gasteiger partial charge < -0.3 is 10.4 Å². The van der Waals surface area contributed by atoms with E-state index in [0.717, 1.165) is 0 Å². The zero-order valence-electron chi connectivity index (χ0n) is 9.66. The van der Waals surface area contributed by atoms with E-state index in [-0.39, 0.29) is 12.2 Å². The molecule has 92 valence electrons. The van der Waals surface area contributed by atoms with E-state index in [1.165, 1.54) is 19.1 Å². The molecule has 1 amide bonds. The number of hydrogen-bond donors (Lipinski definition) is 2. The van der Waals surface area contributed by atoms with E-state index < -0.39 is 17.9 Å². The number of carboxylic acid groups (broad SMARTS) is 1. The zero-order chi connectivity index (χ0) is 13.0. The highest BCUT2D eigenvalue weighted by Gasteiger charge is 2.14. The Kier molecular flexibility index (Phi) is 4.20. The molecule has 1 aromatic rings. The molecule has 1 unspecified atom stereocenters. The molecule has 1 aromatic carbocycles. The third kappa shape index (κ3) is 3.86. The van der Waals surface area contributed by atoms with Crippen LogP contribution < -0.4 is 5.32 Å². The summed E-state index contributed by atoms with van der Waals surface area (Å²) < 4.78 is 13.0. The maximum Gasteiger partial charge on any atom is 0.325 e. The van der Waals surface area contributed by atoms with E-state index in [1.807, 2.05) is 0 Å². The number of nitrogens with one attached hydrogen (secondary N) is 1. The Balaban J connectivity index is 2.62. The van der Waals surface area contributed by atoms with Crippen molar-refractivity contribution in [3.8, 4) is 0 Å². The minimum Gasteiger partial charge on any atom is -0.480 e. The predicted octanol–water partition coefficient (Wildman–Crippen LogP) is 1.27. The number of benzene rings is 1. The van der Waals surface area contributed by atoms with Gasteiger partial charge in [-0.05, 0) is 31.0 Å². The summed E-state index contributed by atoms with van der Waals surface area (Å²) in [5.74, 6) is -1.81. The van der Waals surface area contributed by atoms with Crippen molar-refractivity contribution >= 4 is 11.9 Å². The molecule has 0 heterocycles. The molecule has 0 saturated carbocycles. The fraction of sp³-hybridized carbons (Fsp3) is 0.333. The first-order chi connectivity index (χ1) is 7.90. The standard InChI is InChI=1S/C12H14FNO3/c1-7-5-9(3-4-10(7)13)6-11(15)14-8(2)12(16)17/h3-5,8H,6H2,1-2H3,(H,14,15)(H,16,17). The third-order valence-electron chi connectivity index (χ3n) is 2.33. The molecule has 0 fully saturated rings. The number of halogens is 1. The van der Waals surface area contributed by atoms with Crippen molar-refractivity contribution in [2.24, 2.45) is 0 Å². The topological polar surface area (TPSA) is 66.4 Å². The van der Waals surface area contributed by atoms with Gasteiger partial charge >= 0.3 is 5.97 Å². The smallest absolute Gasteiger partial charge is 0.325 e. The first-order valence-electron chi connectivity index (χ1n) is 5.17. The van der Waals surface area contributed by atoms with Crippen molar-refractivity contribution in [3.63, 3.8) is 0 Å². The lowest BCUT2D eigenvalue weighted by Gasteiger charge is -2.09. The van der Waals surface area contributed by atoms with Crippen LogP contribution in [-0.2, 0) is 16.0 Å². The van der Waals surface area contributed by atoms with Gasteiger partial charge in [-0.25, -0.2) is 4.39 Å². The van der Waals surface area contributed by atoms with E-state index in [1.54, 1.807) is 13.0 Å². The van der Waals surface area contributed by atoms with Gasteiger partial charge in [-0.1, -0.05) is 12.1 Å². The second kappa shape index (κ2) is 5.43. The Hall–Kier alpha value is -1.91. The van der Waals surface area contributed by atoms with Crippen LogP contribution in [0.1, 0.15) is 18.1 Å². The van der Waals surface area contributed by atoms with E-state index in [9.17, 15) is 14.0 Å². The zero-order valence-corrected chi connectivity index (χ0v) is 9.66. The first-order valence-corrected chi connectivity index (χ1v) is 5.17. The van der Waals surface area contributed by atoms with Crippen LogP contribution in [0.4, 0.5) is 4.39 Å². The van der Waals surface area contributed by atoms with Crippen molar-refractivity contribution in [2.45, 2.75) is 26.3 Å². The second-order valence-electron chi connectivity index (χ2n) is 3.89. The monoisotopic (exact) mass is 239 g/mol. The van der Waals surface area contributed by atoms with Gasteiger partial charge in [-0.2, -0.15) is 0 Å². The van der Waals surface area contributed by atoms with Gasteiger partial charge in [0.05, 0.1) is 6.42 Å². The number of aryl methyl sites for hydroxylation is 1. The van der Waals surface area contributed by atoms with Gasteiger partial charge in [0, 0.05) is 0 Å². The summed E-state index contributed by atoms with van der Waals surface area (Å²) in [6.45, 7) is 2.99. The molecule has 0 aliphatic rings. The van der Waals surface area contributed by atoms with Crippen molar-refractivity contribution in [1.82, 2.24) is 5.32 Å². The lowest BCUT2D eigenvalue weighted by molar-refractivity contribution is -0.141. The summed E-state index contributed by atoms with van der Waals surface area (Å²) in [6.07, 6.45) is 0.0404. The molecule has 2 N–H and O–H groups in total. The lowest BCUT2D eigenvalue weighted by atomic mass is 10.1. The maximum absolute atomic E-state index is 13.0. The summed E-state index contributed by atoms with van der Waals surface area (Å²) in [5.41, 5.74) is 1.11. The van der Waals surface area contributed by atoms with Crippen LogP contribution in [0.15, 0.2) is 18.2 Å². The van der Waals surface area contributed by atoms with Crippen LogP contribution in [0, 0.1) is 12.7 Å². The van der Waals surface area contributed by atoms with Crippen LogP contribution in [0.25, 0.3) is 0 Å². The third-order valence-corrected chi connectivity index (χ3v) is 2.33. The van der Waals surface area contributed by atoms with Crippen molar-refractivity contribution < 1.29 is 19.1 Å². The molecule has 0 aromatic heterocycles. The highest BCUT2D eigenvalue weighted by atomic mass is 19.1. The molecule has 4 nitrogen and oxygen atoms in total. The molecule has 0 saturated heterocycles. The van der Waals surface area contributed by atoms with E-state index in [4.69, 9.17) is 5.11 Å². The van der Waals surface area contributed by atoms with Crippen LogP contribution in [0.5, 0.6) is 0 Å². The highest BCUT2D eigenvalue weighted by Crippen LogP contribution is 2.09. The fourth-order valence-corrected chi connectivity index (χ4v) is 1.36. The molecular weight excluding hydrogens is 225 g/mol. The highest BCUT2D eigenvalue weighted by molar-refractivity contribution is 5.84. The molecule has 0 spiro atoms. The van der Waals surface area contributed by atoms with Gasteiger partial charge in [-0.15, -0.1) is 0 Å². The number of rotatable bonds is 4. The normalized spacial score (nSPS) is 11.9. The Morgan fingerprint density at radius 1 is 1.47 bits per heavy atom. The molecule has 0 radical (unpaired) electrons. The van der Waals surface area contributed by atoms with Crippen LogP contribution in [0.2, 0.25) is 0 Å². The van der Waals surface area contributed by atoms with E-state index >= 15 is 0 Å². The summed E-state index contributed by atoms with van der Waals surface area (Å²) in [5, 5.41) is 10.9. The number of aliphatic carboxylic acids is 1. The van der Waals surface area contributed by atoms with Crippen molar-refractivity contribution in [2.75, 3.05) is 0 Å². The minimum atomic E-state index is -1.09. The Bertz CT molecular complexity index is 445. The van der Waals surface area contributed by atoms with Gasteiger partial charge in [0.25, 0.3) is 0 Å². The van der Waals surface area contributed by atoms with Gasteiger partial charge in [0.15, 0.2) is 0 Å². The molecule has 0 aliphatic heterocycles. The van der Waals surface area contributed by atoms with Crippen LogP contribution in [-0.4, -0.2) is 23.0 Å². The first kappa shape index (κ1) is 13.2. The SMILES string of the molecule is Cc1cc(CC(=O)NC(C)C(=O)O)ccc1F. The Morgan fingerprint density at radius 3 is 2.65 bits per heavy atom. The number of carbonyl (C=O) groups is 2. The van der Waals surface area contributed by atoms with Gasteiger partial charge in [0.1, 0.15) is 11.9 Å². The predicted molar refractivity (Wildman–Crippen MR) is 60.1 cm³/mol. The number of carboxylic acids is 1. The second-order valence-corrected chi connectivity index (χ2v) is 3.89. The number of hydrogen-bond acceptors (Lipinski definition) is 2. The van der Waals surface area contributed by atoms with Crippen LogP contribution >= 0.6 is 0 Å². The molecule has 1 atom stereocenters. The summed E-state index contributed by atoms with van der Waals surface area (Å²) >= 11 is 0. The number of amides is 1. The molecule has 17 heavy (non-hydrogen) atoms.